The average molecular weight is 266 g/mol. The molecule has 1 heterocycles. The zero-order chi connectivity index (χ0) is 13.9. The summed E-state index contributed by atoms with van der Waals surface area (Å²) in [4.78, 5) is 2.70. The van der Waals surface area contributed by atoms with Gasteiger partial charge in [0.15, 0.2) is 0 Å². The summed E-state index contributed by atoms with van der Waals surface area (Å²) < 4.78 is 0. The second kappa shape index (κ2) is 6.13. The molecule has 0 atom stereocenters. The fourth-order valence-corrected chi connectivity index (χ4v) is 4.06. The van der Waals surface area contributed by atoms with Crippen LogP contribution in [0.2, 0.25) is 0 Å². The van der Waals surface area contributed by atoms with Gasteiger partial charge < -0.3 is 10.2 Å². The lowest BCUT2D eigenvalue weighted by Crippen LogP contribution is -2.47. The van der Waals surface area contributed by atoms with Gasteiger partial charge in [-0.25, -0.2) is 0 Å². The van der Waals surface area contributed by atoms with E-state index in [-0.39, 0.29) is 0 Å². The minimum atomic E-state index is 0.590. The van der Waals surface area contributed by atoms with Crippen molar-refractivity contribution < 1.29 is 0 Å². The van der Waals surface area contributed by atoms with Crippen LogP contribution in [0.5, 0.6) is 0 Å². The molecule has 2 fully saturated rings. The van der Waals surface area contributed by atoms with Gasteiger partial charge in [-0.05, 0) is 75.9 Å². The predicted molar refractivity (Wildman–Crippen MR) is 83.5 cm³/mol. The van der Waals surface area contributed by atoms with Crippen LogP contribution in [0.4, 0.5) is 0 Å². The smallest absolute Gasteiger partial charge is 0.00928 e. The topological polar surface area (TPSA) is 15.3 Å². The Hall–Kier alpha value is -0.0800. The molecule has 0 unspecified atom stereocenters. The first kappa shape index (κ1) is 15.3. The summed E-state index contributed by atoms with van der Waals surface area (Å²) in [6.45, 7) is 11.0. The Bertz CT molecular complexity index is 269. The number of hydrogen-bond acceptors (Lipinski definition) is 2. The van der Waals surface area contributed by atoms with Crippen molar-refractivity contribution in [3.63, 3.8) is 0 Å². The number of nitrogens with one attached hydrogen (secondary N) is 1. The highest BCUT2D eigenvalue weighted by Crippen LogP contribution is 2.39. The first-order chi connectivity index (χ1) is 8.96. The maximum Gasteiger partial charge on any atom is 0.00928 e. The van der Waals surface area contributed by atoms with Crippen LogP contribution < -0.4 is 5.32 Å². The third kappa shape index (κ3) is 3.95. The summed E-state index contributed by atoms with van der Waals surface area (Å²) in [6, 6.07) is 0.839. The lowest BCUT2D eigenvalue weighted by Gasteiger charge is -2.44. The van der Waals surface area contributed by atoms with E-state index in [0.717, 1.165) is 6.04 Å². The van der Waals surface area contributed by atoms with Gasteiger partial charge in [0.25, 0.3) is 0 Å². The van der Waals surface area contributed by atoms with E-state index >= 15 is 0 Å². The highest BCUT2D eigenvalue weighted by molar-refractivity contribution is 4.89. The van der Waals surface area contributed by atoms with E-state index in [2.05, 4.69) is 38.0 Å². The summed E-state index contributed by atoms with van der Waals surface area (Å²) in [5.41, 5.74) is 1.18. The van der Waals surface area contributed by atoms with Crippen molar-refractivity contribution in [3.8, 4) is 0 Å². The van der Waals surface area contributed by atoms with Gasteiger partial charge in [0.05, 0.1) is 0 Å². The van der Waals surface area contributed by atoms with E-state index in [1.807, 2.05) is 0 Å². The molecule has 2 heteroatoms. The number of piperidine rings is 1. The van der Waals surface area contributed by atoms with Crippen molar-refractivity contribution in [3.05, 3.63) is 0 Å². The van der Waals surface area contributed by atoms with Crippen molar-refractivity contribution in [2.45, 2.75) is 71.8 Å². The maximum atomic E-state index is 3.52. The van der Waals surface area contributed by atoms with E-state index in [1.54, 1.807) is 0 Å². The number of hydrogen-bond donors (Lipinski definition) is 1. The Labute approximate surface area is 120 Å². The molecule has 1 saturated heterocycles. The zero-order valence-corrected chi connectivity index (χ0v) is 13.6. The molecular weight excluding hydrogens is 232 g/mol. The summed E-state index contributed by atoms with van der Waals surface area (Å²) in [6.07, 6.45) is 9.70. The number of rotatable bonds is 4. The highest BCUT2D eigenvalue weighted by atomic mass is 15.1. The Kier molecular flexibility index (Phi) is 4.94. The monoisotopic (exact) mass is 266 g/mol. The van der Waals surface area contributed by atoms with E-state index in [9.17, 15) is 0 Å². The quantitative estimate of drug-likeness (QED) is 0.835. The lowest BCUT2D eigenvalue weighted by molar-refractivity contribution is 0.0638. The van der Waals surface area contributed by atoms with Crippen LogP contribution in [0.3, 0.4) is 0 Å². The highest BCUT2D eigenvalue weighted by Gasteiger charge is 2.35. The molecule has 0 aromatic carbocycles. The molecule has 0 aromatic rings. The van der Waals surface area contributed by atoms with Crippen LogP contribution in [-0.4, -0.2) is 37.6 Å². The zero-order valence-electron chi connectivity index (χ0n) is 13.6. The molecular formula is C17H34N2. The fourth-order valence-electron chi connectivity index (χ4n) is 4.06. The van der Waals surface area contributed by atoms with Gasteiger partial charge in [-0.2, -0.15) is 0 Å². The normalized spacial score (nSPS) is 27.6. The van der Waals surface area contributed by atoms with E-state index in [1.165, 1.54) is 64.6 Å². The molecule has 1 saturated carbocycles. The van der Waals surface area contributed by atoms with Crippen molar-refractivity contribution in [1.29, 1.82) is 0 Å². The van der Waals surface area contributed by atoms with E-state index < -0.39 is 0 Å². The summed E-state index contributed by atoms with van der Waals surface area (Å²) >= 11 is 0. The van der Waals surface area contributed by atoms with Crippen LogP contribution in [0.25, 0.3) is 0 Å². The van der Waals surface area contributed by atoms with Crippen molar-refractivity contribution in [1.82, 2.24) is 10.2 Å². The number of nitrogens with zero attached hydrogens (tertiary/aromatic N) is 1. The van der Waals surface area contributed by atoms with Gasteiger partial charge in [-0.3, -0.25) is 0 Å². The van der Waals surface area contributed by atoms with Crippen LogP contribution in [0.1, 0.15) is 65.7 Å². The Morgan fingerprint density at radius 1 is 1.05 bits per heavy atom. The standard InChI is InChI=1S/C17H34N2/c1-5-17(10-12-18-13-11-17)14-19(4)15-6-8-16(2,3)9-7-15/h15,18H,5-14H2,1-4H3. The van der Waals surface area contributed by atoms with Gasteiger partial charge in [0.1, 0.15) is 0 Å². The minimum Gasteiger partial charge on any atom is -0.317 e. The third-order valence-electron chi connectivity index (χ3n) is 5.93. The lowest BCUT2D eigenvalue weighted by atomic mass is 9.73. The average Bonchev–Trinajstić information content (AvgIpc) is 2.39. The Morgan fingerprint density at radius 3 is 2.16 bits per heavy atom. The molecule has 0 bridgehead atoms. The van der Waals surface area contributed by atoms with Gasteiger partial charge in [0, 0.05) is 12.6 Å². The van der Waals surface area contributed by atoms with Gasteiger partial charge >= 0.3 is 0 Å². The van der Waals surface area contributed by atoms with Crippen molar-refractivity contribution in [2.24, 2.45) is 10.8 Å². The molecule has 0 aromatic heterocycles. The Morgan fingerprint density at radius 2 is 1.63 bits per heavy atom. The fraction of sp³-hybridized carbons (Fsp3) is 1.00. The first-order valence-electron chi connectivity index (χ1n) is 8.37. The molecule has 0 radical (unpaired) electrons. The maximum absolute atomic E-state index is 3.52. The van der Waals surface area contributed by atoms with Gasteiger partial charge in [-0.1, -0.05) is 20.8 Å². The molecule has 19 heavy (non-hydrogen) atoms. The van der Waals surface area contributed by atoms with Crippen LogP contribution in [0, 0.1) is 10.8 Å². The largest absolute Gasteiger partial charge is 0.317 e. The molecule has 1 aliphatic carbocycles. The molecule has 0 amide bonds. The molecule has 0 spiro atoms. The second-order valence-electron chi connectivity index (χ2n) is 7.91. The predicted octanol–water partition coefficient (Wildman–Crippen LogP) is 3.67. The summed E-state index contributed by atoms with van der Waals surface area (Å²) in [7, 11) is 2.38. The second-order valence-corrected chi connectivity index (χ2v) is 7.91. The first-order valence-corrected chi connectivity index (χ1v) is 8.37. The molecule has 2 nitrogen and oxygen atoms in total. The SMILES string of the molecule is CCC1(CN(C)C2CCC(C)(C)CC2)CCNCC1. The van der Waals surface area contributed by atoms with Gasteiger partial charge in [0.2, 0.25) is 0 Å². The van der Waals surface area contributed by atoms with Crippen LogP contribution >= 0.6 is 0 Å². The van der Waals surface area contributed by atoms with Crippen molar-refractivity contribution in [2.75, 3.05) is 26.7 Å². The Balaban J connectivity index is 1.87. The molecule has 2 aliphatic rings. The molecule has 2 rings (SSSR count). The molecule has 1 N–H and O–H groups in total. The molecule has 1 aliphatic heterocycles. The summed E-state index contributed by atoms with van der Waals surface area (Å²) in [5.74, 6) is 0. The third-order valence-corrected chi connectivity index (χ3v) is 5.93. The van der Waals surface area contributed by atoms with Crippen LogP contribution in [0.15, 0.2) is 0 Å². The van der Waals surface area contributed by atoms with E-state index in [0.29, 0.717) is 10.8 Å². The van der Waals surface area contributed by atoms with Crippen molar-refractivity contribution >= 4 is 0 Å². The van der Waals surface area contributed by atoms with E-state index in [4.69, 9.17) is 0 Å². The van der Waals surface area contributed by atoms with Crippen LogP contribution in [-0.2, 0) is 0 Å². The molecule has 112 valence electrons. The summed E-state index contributed by atoms with van der Waals surface area (Å²) in [5, 5.41) is 3.52. The van der Waals surface area contributed by atoms with Gasteiger partial charge in [-0.15, -0.1) is 0 Å². The minimum absolute atomic E-state index is 0.590.